The number of anilines is 6. The molecule has 0 saturated carbocycles. The highest BCUT2D eigenvalue weighted by atomic mass is 15.1. The largest absolute Gasteiger partial charge is 0.311 e. The Labute approximate surface area is 317 Å². The lowest BCUT2D eigenvalue weighted by Gasteiger charge is -2.28. The van der Waals surface area contributed by atoms with Gasteiger partial charge in [-0.3, -0.25) is 0 Å². The molecule has 0 unspecified atom stereocenters. The molecule has 54 heavy (non-hydrogen) atoms. The van der Waals surface area contributed by atoms with Crippen LogP contribution in [-0.4, -0.2) is 0 Å². The first kappa shape index (κ1) is 32.7. The summed E-state index contributed by atoms with van der Waals surface area (Å²) in [5.74, 6) is 0. The van der Waals surface area contributed by atoms with E-state index in [0.717, 1.165) is 34.1 Å². The molecule has 2 heteroatoms. The monoisotopic (exact) mass is 690 g/mol. The molecular weight excluding hydrogens is 653 g/mol. The van der Waals surface area contributed by atoms with Gasteiger partial charge in [0.25, 0.3) is 0 Å². The zero-order valence-corrected chi connectivity index (χ0v) is 29.8. The fourth-order valence-corrected chi connectivity index (χ4v) is 7.43. The quantitative estimate of drug-likeness (QED) is 0.149. The lowest BCUT2D eigenvalue weighted by molar-refractivity contribution is 1.28. The average molecular weight is 691 g/mol. The Balaban J connectivity index is 1.06. The fraction of sp³-hybridized carbons (Fsp3) is 0. The molecule has 0 aliphatic heterocycles. The van der Waals surface area contributed by atoms with Gasteiger partial charge in [-0.2, -0.15) is 0 Å². The molecule has 0 radical (unpaired) electrons. The molecule has 0 N–H and O–H groups in total. The summed E-state index contributed by atoms with van der Waals surface area (Å²) in [6.45, 7) is 0. The molecule has 0 heterocycles. The van der Waals surface area contributed by atoms with Crippen molar-refractivity contribution in [1.82, 2.24) is 0 Å². The van der Waals surface area contributed by atoms with Crippen molar-refractivity contribution >= 4 is 44.9 Å². The summed E-state index contributed by atoms with van der Waals surface area (Å²) in [5, 5.41) is 2.46. The molecule has 9 rings (SSSR count). The molecule has 0 spiro atoms. The summed E-state index contributed by atoms with van der Waals surface area (Å²) in [5.41, 5.74) is 13.9. The van der Waals surface area contributed by atoms with Gasteiger partial charge in [-0.1, -0.05) is 158 Å². The van der Waals surface area contributed by atoms with Crippen molar-refractivity contribution in [2.45, 2.75) is 0 Å². The van der Waals surface area contributed by atoms with Crippen LogP contribution in [0.2, 0.25) is 0 Å². The van der Waals surface area contributed by atoms with Crippen molar-refractivity contribution in [2.75, 3.05) is 9.80 Å². The zero-order valence-electron chi connectivity index (χ0n) is 29.8. The molecule has 0 atom stereocenters. The summed E-state index contributed by atoms with van der Waals surface area (Å²) < 4.78 is 0. The van der Waals surface area contributed by atoms with Crippen molar-refractivity contribution < 1.29 is 0 Å². The van der Waals surface area contributed by atoms with Gasteiger partial charge in [0, 0.05) is 34.0 Å². The Morgan fingerprint density at radius 3 is 1.28 bits per heavy atom. The third-order valence-corrected chi connectivity index (χ3v) is 10.1. The van der Waals surface area contributed by atoms with E-state index in [-0.39, 0.29) is 0 Å². The highest BCUT2D eigenvalue weighted by Gasteiger charge is 2.17. The summed E-state index contributed by atoms with van der Waals surface area (Å²) in [6.07, 6.45) is 0. The van der Waals surface area contributed by atoms with Crippen LogP contribution in [-0.2, 0) is 0 Å². The van der Waals surface area contributed by atoms with E-state index in [1.54, 1.807) is 0 Å². The minimum atomic E-state index is 1.11. The molecule has 0 aromatic heterocycles. The van der Waals surface area contributed by atoms with Crippen LogP contribution in [0.5, 0.6) is 0 Å². The van der Waals surface area contributed by atoms with Gasteiger partial charge in [-0.05, 0) is 111 Å². The molecule has 9 aromatic rings. The van der Waals surface area contributed by atoms with Crippen molar-refractivity contribution in [2.24, 2.45) is 0 Å². The summed E-state index contributed by atoms with van der Waals surface area (Å²) in [7, 11) is 0. The Kier molecular flexibility index (Phi) is 8.99. The van der Waals surface area contributed by atoms with E-state index in [1.807, 2.05) is 0 Å². The van der Waals surface area contributed by atoms with Crippen LogP contribution in [0.4, 0.5) is 34.1 Å². The maximum atomic E-state index is 2.35. The first-order chi connectivity index (χ1) is 26.8. The number of hydrogen-bond acceptors (Lipinski definition) is 2. The molecule has 0 saturated heterocycles. The highest BCUT2D eigenvalue weighted by Crippen LogP contribution is 2.42. The third-order valence-electron chi connectivity index (χ3n) is 10.1. The van der Waals surface area contributed by atoms with Gasteiger partial charge in [-0.25, -0.2) is 0 Å². The zero-order chi connectivity index (χ0) is 36.1. The Hall–Kier alpha value is -7.16. The molecule has 256 valence electrons. The number of nitrogens with zero attached hydrogens (tertiary/aromatic N) is 2. The minimum Gasteiger partial charge on any atom is -0.311 e. The average Bonchev–Trinajstić information content (AvgIpc) is 3.26. The van der Waals surface area contributed by atoms with Crippen molar-refractivity contribution in [3.05, 3.63) is 231 Å². The summed E-state index contributed by atoms with van der Waals surface area (Å²) in [6, 6.07) is 82.3. The standard InChI is InChI=1S/C52H38N2/c1-5-16-40(17-6-1)50-25-13-14-27-52(50)54(46-23-11-4-12-24-46)48-34-30-39(31-35-48)43-29-28-41-18-15-26-49(51(41)38-43)42-32-36-47(37-33-42)53(44-19-7-2-8-20-44)45-21-9-3-10-22-45/h1-38H. The van der Waals surface area contributed by atoms with Gasteiger partial charge >= 0.3 is 0 Å². The van der Waals surface area contributed by atoms with Gasteiger partial charge in [0.1, 0.15) is 0 Å². The first-order valence-corrected chi connectivity index (χ1v) is 18.4. The van der Waals surface area contributed by atoms with Crippen molar-refractivity contribution in [3.8, 4) is 33.4 Å². The van der Waals surface area contributed by atoms with Crippen LogP contribution in [0.1, 0.15) is 0 Å². The minimum absolute atomic E-state index is 1.11. The third kappa shape index (κ3) is 6.53. The first-order valence-electron chi connectivity index (χ1n) is 18.4. The van der Waals surface area contributed by atoms with E-state index in [9.17, 15) is 0 Å². The smallest absolute Gasteiger partial charge is 0.0540 e. The maximum Gasteiger partial charge on any atom is 0.0540 e. The second-order valence-electron chi connectivity index (χ2n) is 13.4. The van der Waals surface area contributed by atoms with E-state index in [4.69, 9.17) is 0 Å². The van der Waals surface area contributed by atoms with Crippen LogP contribution >= 0.6 is 0 Å². The van der Waals surface area contributed by atoms with Gasteiger partial charge < -0.3 is 9.80 Å². The van der Waals surface area contributed by atoms with Crippen LogP contribution < -0.4 is 9.80 Å². The second kappa shape index (κ2) is 14.8. The van der Waals surface area contributed by atoms with Crippen LogP contribution in [0.3, 0.4) is 0 Å². The van der Waals surface area contributed by atoms with Crippen molar-refractivity contribution in [1.29, 1.82) is 0 Å². The number of rotatable bonds is 9. The Morgan fingerprint density at radius 2 is 0.667 bits per heavy atom. The predicted octanol–water partition coefficient (Wildman–Crippen LogP) is 14.8. The molecule has 9 aromatic carbocycles. The van der Waals surface area contributed by atoms with Crippen molar-refractivity contribution in [3.63, 3.8) is 0 Å². The maximum absolute atomic E-state index is 2.35. The van der Waals surface area contributed by atoms with E-state index in [1.165, 1.54) is 44.2 Å². The normalized spacial score (nSPS) is 11.0. The summed E-state index contributed by atoms with van der Waals surface area (Å²) in [4.78, 5) is 4.65. The molecule has 0 aliphatic rings. The number of hydrogen-bond donors (Lipinski definition) is 0. The van der Waals surface area contributed by atoms with Gasteiger partial charge in [-0.15, -0.1) is 0 Å². The molecular formula is C52H38N2. The van der Waals surface area contributed by atoms with Gasteiger partial charge in [0.2, 0.25) is 0 Å². The van der Waals surface area contributed by atoms with E-state index in [0.29, 0.717) is 0 Å². The molecule has 0 bridgehead atoms. The van der Waals surface area contributed by atoms with Crippen LogP contribution in [0, 0.1) is 0 Å². The molecule has 0 amide bonds. The molecule has 2 nitrogen and oxygen atoms in total. The Bertz CT molecular complexity index is 2580. The highest BCUT2D eigenvalue weighted by molar-refractivity contribution is 5.99. The fourth-order valence-electron chi connectivity index (χ4n) is 7.43. The Morgan fingerprint density at radius 1 is 0.241 bits per heavy atom. The SMILES string of the molecule is c1ccc(-c2ccccc2N(c2ccccc2)c2ccc(-c3ccc4cccc(-c5ccc(N(c6ccccc6)c6ccccc6)cc5)c4c3)cc2)cc1. The topological polar surface area (TPSA) is 6.48 Å². The van der Waals surface area contributed by atoms with Crippen LogP contribution in [0.15, 0.2) is 231 Å². The predicted molar refractivity (Wildman–Crippen MR) is 230 cm³/mol. The lowest BCUT2D eigenvalue weighted by atomic mass is 9.94. The number of fused-ring (bicyclic) bond motifs is 1. The molecule has 0 aliphatic carbocycles. The number of benzene rings is 9. The number of para-hydroxylation sites is 4. The molecule has 0 fully saturated rings. The van der Waals surface area contributed by atoms with E-state index in [2.05, 4.69) is 240 Å². The second-order valence-corrected chi connectivity index (χ2v) is 13.4. The van der Waals surface area contributed by atoms with Gasteiger partial charge in [0.05, 0.1) is 5.69 Å². The van der Waals surface area contributed by atoms with E-state index >= 15 is 0 Å². The van der Waals surface area contributed by atoms with Crippen LogP contribution in [0.25, 0.3) is 44.2 Å². The van der Waals surface area contributed by atoms with Gasteiger partial charge in [0.15, 0.2) is 0 Å². The summed E-state index contributed by atoms with van der Waals surface area (Å²) >= 11 is 0. The lowest BCUT2D eigenvalue weighted by Crippen LogP contribution is -2.11. The van der Waals surface area contributed by atoms with E-state index < -0.39 is 0 Å².